The maximum absolute atomic E-state index is 14.0. The van der Waals surface area contributed by atoms with Gasteiger partial charge in [-0.25, -0.2) is 4.39 Å². The summed E-state index contributed by atoms with van der Waals surface area (Å²) < 4.78 is 18.7. The molecule has 0 N–H and O–H groups in total. The van der Waals surface area contributed by atoms with Crippen molar-refractivity contribution in [1.82, 2.24) is 0 Å². The Labute approximate surface area is 133 Å². The van der Waals surface area contributed by atoms with Crippen molar-refractivity contribution in [1.29, 1.82) is 10.5 Å². The third-order valence-corrected chi connectivity index (χ3v) is 3.68. The summed E-state index contributed by atoms with van der Waals surface area (Å²) in [4.78, 5) is 11.9. The Hall–Kier alpha value is -3.18. The molecule has 0 heterocycles. The summed E-state index contributed by atoms with van der Waals surface area (Å²) in [6.07, 6.45) is -0.317. The predicted molar refractivity (Wildman–Crippen MR) is 80.6 cm³/mol. The quantitative estimate of drug-likeness (QED) is 0.814. The average Bonchev–Trinajstić information content (AvgIpc) is 2.60. The fourth-order valence-electron chi connectivity index (χ4n) is 2.52. The van der Waals surface area contributed by atoms with Crippen molar-refractivity contribution in [3.8, 4) is 12.1 Å². The molecule has 2 aromatic rings. The smallest absolute Gasteiger partial charge is 0.307 e. The summed E-state index contributed by atoms with van der Waals surface area (Å²) in [5, 5.41) is 19.1. The van der Waals surface area contributed by atoms with Crippen LogP contribution in [-0.4, -0.2) is 13.1 Å². The zero-order valence-electron chi connectivity index (χ0n) is 12.4. The summed E-state index contributed by atoms with van der Waals surface area (Å²) >= 11 is 0. The van der Waals surface area contributed by atoms with Crippen LogP contribution in [-0.2, 0) is 14.9 Å². The molecule has 0 aliphatic rings. The monoisotopic (exact) mass is 308 g/mol. The number of carbonyl (C=O) groups is 1. The van der Waals surface area contributed by atoms with Crippen molar-refractivity contribution in [2.75, 3.05) is 7.11 Å². The number of nitriles is 2. The molecule has 1 unspecified atom stereocenters. The fourth-order valence-corrected chi connectivity index (χ4v) is 2.52. The Balaban J connectivity index is 2.79. The second kappa shape index (κ2) is 6.72. The van der Waals surface area contributed by atoms with E-state index < -0.39 is 17.2 Å². The fraction of sp³-hybridized carbons (Fsp3) is 0.167. The van der Waals surface area contributed by atoms with Gasteiger partial charge in [0, 0.05) is 0 Å². The van der Waals surface area contributed by atoms with Gasteiger partial charge in [-0.3, -0.25) is 4.79 Å². The molecule has 5 heteroatoms. The number of methoxy groups -OCH3 is 1. The van der Waals surface area contributed by atoms with Crippen molar-refractivity contribution in [2.24, 2.45) is 0 Å². The lowest BCUT2D eigenvalue weighted by atomic mass is 9.71. The summed E-state index contributed by atoms with van der Waals surface area (Å²) in [7, 11) is 1.21. The molecule has 0 bridgehead atoms. The minimum absolute atomic E-state index is 0.152. The maximum atomic E-state index is 14.0. The highest BCUT2D eigenvalue weighted by atomic mass is 19.1. The van der Waals surface area contributed by atoms with Crippen molar-refractivity contribution in [3.63, 3.8) is 0 Å². The Morgan fingerprint density at radius 3 is 2.43 bits per heavy atom. The van der Waals surface area contributed by atoms with Crippen LogP contribution in [0.5, 0.6) is 0 Å². The molecule has 0 aliphatic heterocycles. The van der Waals surface area contributed by atoms with Crippen LogP contribution < -0.4 is 0 Å². The highest BCUT2D eigenvalue weighted by molar-refractivity contribution is 5.74. The lowest BCUT2D eigenvalue weighted by Gasteiger charge is -2.27. The van der Waals surface area contributed by atoms with E-state index in [1.54, 1.807) is 36.4 Å². The van der Waals surface area contributed by atoms with Gasteiger partial charge in [0.05, 0.1) is 25.2 Å². The number of benzene rings is 2. The average molecular weight is 308 g/mol. The Morgan fingerprint density at radius 1 is 1.17 bits per heavy atom. The zero-order valence-corrected chi connectivity index (χ0v) is 12.4. The number of hydrogen-bond donors (Lipinski definition) is 0. The molecule has 1 atom stereocenters. The van der Waals surface area contributed by atoms with Crippen molar-refractivity contribution in [3.05, 3.63) is 71.0 Å². The van der Waals surface area contributed by atoms with Crippen LogP contribution in [0.2, 0.25) is 0 Å². The molecule has 0 fully saturated rings. The first-order valence-electron chi connectivity index (χ1n) is 6.81. The highest BCUT2D eigenvalue weighted by Gasteiger charge is 2.40. The van der Waals surface area contributed by atoms with E-state index in [-0.39, 0.29) is 17.5 Å². The van der Waals surface area contributed by atoms with E-state index in [1.807, 2.05) is 0 Å². The van der Waals surface area contributed by atoms with Gasteiger partial charge in [0.1, 0.15) is 17.3 Å². The predicted octanol–water partition coefficient (Wildman–Crippen LogP) is 3.07. The van der Waals surface area contributed by atoms with Gasteiger partial charge in [0.2, 0.25) is 0 Å². The van der Waals surface area contributed by atoms with Crippen LogP contribution in [0.15, 0.2) is 48.5 Å². The van der Waals surface area contributed by atoms with Gasteiger partial charge in [-0.1, -0.05) is 42.5 Å². The van der Waals surface area contributed by atoms with E-state index in [2.05, 4.69) is 10.8 Å². The van der Waals surface area contributed by atoms with E-state index in [4.69, 9.17) is 0 Å². The second-order valence-corrected chi connectivity index (χ2v) is 4.91. The molecule has 0 aromatic heterocycles. The molecule has 23 heavy (non-hydrogen) atoms. The van der Waals surface area contributed by atoms with Crippen molar-refractivity contribution in [2.45, 2.75) is 11.8 Å². The van der Waals surface area contributed by atoms with Gasteiger partial charge in [-0.05, 0) is 17.2 Å². The third-order valence-electron chi connectivity index (χ3n) is 3.68. The van der Waals surface area contributed by atoms with Gasteiger partial charge >= 0.3 is 5.97 Å². The van der Waals surface area contributed by atoms with E-state index in [1.165, 1.54) is 19.2 Å². The normalized spacial score (nSPS) is 12.5. The zero-order chi connectivity index (χ0) is 16.9. The largest absolute Gasteiger partial charge is 0.469 e. The first-order valence-corrected chi connectivity index (χ1v) is 6.81. The van der Waals surface area contributed by atoms with Crippen LogP contribution in [0, 0.1) is 28.5 Å². The van der Waals surface area contributed by atoms with E-state index >= 15 is 0 Å². The second-order valence-electron chi connectivity index (χ2n) is 4.91. The van der Waals surface area contributed by atoms with Crippen LogP contribution in [0.4, 0.5) is 4.39 Å². The number of carbonyl (C=O) groups excluding carboxylic acids is 1. The SMILES string of the molecule is COC(=O)CC(C#N)(c1ccccc1)c1cccc(F)c1C#N. The lowest BCUT2D eigenvalue weighted by molar-refractivity contribution is -0.141. The van der Waals surface area contributed by atoms with Crippen LogP contribution in [0.25, 0.3) is 0 Å². The molecule has 0 saturated carbocycles. The number of rotatable bonds is 4. The number of ether oxygens (including phenoxy) is 1. The van der Waals surface area contributed by atoms with Gasteiger partial charge < -0.3 is 4.74 Å². The van der Waals surface area contributed by atoms with E-state index in [9.17, 15) is 19.7 Å². The number of halogens is 1. The van der Waals surface area contributed by atoms with Gasteiger partial charge in [-0.2, -0.15) is 10.5 Å². The van der Waals surface area contributed by atoms with Crippen LogP contribution in [0.3, 0.4) is 0 Å². The first kappa shape index (κ1) is 16.2. The van der Waals surface area contributed by atoms with Crippen LogP contribution >= 0.6 is 0 Å². The van der Waals surface area contributed by atoms with Crippen molar-refractivity contribution >= 4 is 5.97 Å². The topological polar surface area (TPSA) is 73.9 Å². The molecule has 0 spiro atoms. The summed E-state index contributed by atoms with van der Waals surface area (Å²) in [5.74, 6) is -1.35. The van der Waals surface area contributed by atoms with E-state index in [0.29, 0.717) is 5.56 Å². The molecular formula is C18H13FN2O2. The Kier molecular flexibility index (Phi) is 4.73. The maximum Gasteiger partial charge on any atom is 0.307 e. The molecule has 0 aliphatic carbocycles. The number of hydrogen-bond acceptors (Lipinski definition) is 4. The third kappa shape index (κ3) is 2.90. The Bertz CT molecular complexity index is 806. The molecule has 4 nitrogen and oxygen atoms in total. The minimum Gasteiger partial charge on any atom is -0.469 e. The summed E-state index contributed by atoms with van der Waals surface area (Å²) in [5.41, 5.74) is -1.10. The Morgan fingerprint density at radius 2 is 1.87 bits per heavy atom. The van der Waals surface area contributed by atoms with E-state index in [0.717, 1.165) is 6.07 Å². The summed E-state index contributed by atoms with van der Waals surface area (Å²) in [6.45, 7) is 0. The van der Waals surface area contributed by atoms with Gasteiger partial charge in [-0.15, -0.1) is 0 Å². The highest BCUT2D eigenvalue weighted by Crippen LogP contribution is 2.38. The van der Waals surface area contributed by atoms with Gasteiger partial charge in [0.25, 0.3) is 0 Å². The standard InChI is InChI=1S/C18H13FN2O2/c1-23-17(22)10-18(12-21,13-6-3-2-4-7-13)15-8-5-9-16(19)14(15)11-20/h2-9H,10H2,1H3. The van der Waals surface area contributed by atoms with Gasteiger partial charge in [0.15, 0.2) is 0 Å². The number of nitrogens with zero attached hydrogens (tertiary/aromatic N) is 2. The molecule has 114 valence electrons. The number of esters is 1. The molecular weight excluding hydrogens is 295 g/mol. The molecule has 0 saturated heterocycles. The van der Waals surface area contributed by atoms with Crippen molar-refractivity contribution < 1.29 is 13.9 Å². The first-order chi connectivity index (χ1) is 11.1. The molecule has 2 aromatic carbocycles. The lowest BCUT2D eigenvalue weighted by Crippen LogP contribution is -2.31. The molecule has 0 amide bonds. The molecule has 2 rings (SSSR count). The summed E-state index contributed by atoms with van der Waals surface area (Å²) in [6, 6.07) is 16.4. The molecule has 0 radical (unpaired) electrons. The minimum atomic E-state index is -1.50. The van der Waals surface area contributed by atoms with Crippen LogP contribution in [0.1, 0.15) is 23.1 Å².